The fourth-order valence-corrected chi connectivity index (χ4v) is 6.98. The summed E-state index contributed by atoms with van der Waals surface area (Å²) in [7, 11) is 0. The first-order valence-corrected chi connectivity index (χ1v) is 23.4. The van der Waals surface area contributed by atoms with Crippen molar-refractivity contribution in [3.8, 4) is 0 Å². The second kappa shape index (κ2) is 41.6. The van der Waals surface area contributed by atoms with Crippen LogP contribution in [0.2, 0.25) is 0 Å². The first kappa shape index (κ1) is 51.4. The summed E-state index contributed by atoms with van der Waals surface area (Å²) in [6, 6.07) is 0. The summed E-state index contributed by atoms with van der Waals surface area (Å²) < 4.78 is 16.7. The number of unbranched alkanes of at least 4 members (excludes halogenated alkanes) is 29. The van der Waals surface area contributed by atoms with E-state index in [-0.39, 0.29) is 31.1 Å². The van der Waals surface area contributed by atoms with E-state index in [0.29, 0.717) is 19.3 Å². The third-order valence-corrected chi connectivity index (χ3v) is 10.5. The van der Waals surface area contributed by atoms with Gasteiger partial charge in [-0.05, 0) is 25.2 Å². The lowest BCUT2D eigenvalue weighted by Gasteiger charge is -2.18. The van der Waals surface area contributed by atoms with Crippen molar-refractivity contribution < 1.29 is 28.6 Å². The molecule has 0 amide bonds. The molecule has 0 bridgehead atoms. The van der Waals surface area contributed by atoms with Gasteiger partial charge in [-0.25, -0.2) is 0 Å². The molecule has 0 spiro atoms. The molecule has 1 atom stereocenters. The predicted octanol–water partition coefficient (Wildman–Crippen LogP) is 14.7. The van der Waals surface area contributed by atoms with E-state index in [1.165, 1.54) is 154 Å². The molecule has 0 saturated heterocycles. The lowest BCUT2D eigenvalue weighted by Crippen LogP contribution is -2.30. The van der Waals surface area contributed by atoms with Gasteiger partial charge in [0, 0.05) is 19.3 Å². The van der Waals surface area contributed by atoms with Gasteiger partial charge in [-0.3, -0.25) is 14.4 Å². The van der Waals surface area contributed by atoms with E-state index in [0.717, 1.165) is 63.7 Å². The molecule has 314 valence electrons. The third-order valence-electron chi connectivity index (χ3n) is 10.5. The molecule has 0 radical (unpaired) electrons. The van der Waals surface area contributed by atoms with Crippen LogP contribution < -0.4 is 0 Å². The van der Waals surface area contributed by atoms with E-state index in [2.05, 4.69) is 27.7 Å². The SMILES string of the molecule is CCCCCCCCCCCCCCCCC(=O)OC[C@@H](COC(=O)CCCCCCCCCCCCCC)OC(=O)CCCCCCCCC(C)C. The van der Waals surface area contributed by atoms with Crippen LogP contribution in [0.5, 0.6) is 0 Å². The number of carbonyl (C=O) groups is 3. The fraction of sp³-hybridized carbons (Fsp3) is 0.936. The largest absolute Gasteiger partial charge is 0.462 e. The molecule has 0 aromatic heterocycles. The second-order valence-corrected chi connectivity index (χ2v) is 16.5. The Balaban J connectivity index is 4.28. The minimum absolute atomic E-state index is 0.0646. The predicted molar refractivity (Wildman–Crippen MR) is 224 cm³/mol. The molecule has 0 fully saturated rings. The molecule has 0 aliphatic heterocycles. The smallest absolute Gasteiger partial charge is 0.306 e. The van der Waals surface area contributed by atoms with Crippen LogP contribution in [-0.2, 0) is 28.6 Å². The Hall–Kier alpha value is -1.59. The van der Waals surface area contributed by atoms with Crippen LogP contribution in [0.4, 0.5) is 0 Å². The number of esters is 3. The second-order valence-electron chi connectivity index (χ2n) is 16.5. The Morgan fingerprint density at radius 2 is 0.623 bits per heavy atom. The number of rotatable bonds is 42. The number of ether oxygens (including phenoxy) is 3. The standard InChI is InChI=1S/C47H90O6/c1-5-7-9-11-13-15-17-19-20-22-24-26-31-35-39-46(49)52-42-44(53-47(50)40-36-32-28-27-29-33-37-43(3)4)41-51-45(48)38-34-30-25-23-21-18-16-14-12-10-8-6-2/h43-44H,5-42H2,1-4H3/t44-/m1/s1. The molecule has 0 heterocycles. The van der Waals surface area contributed by atoms with E-state index in [4.69, 9.17) is 14.2 Å². The summed E-state index contributed by atoms with van der Waals surface area (Å²) in [5.41, 5.74) is 0. The van der Waals surface area contributed by atoms with Gasteiger partial charge in [0.25, 0.3) is 0 Å². The van der Waals surface area contributed by atoms with Crippen LogP contribution >= 0.6 is 0 Å². The average Bonchev–Trinajstić information content (AvgIpc) is 3.14. The van der Waals surface area contributed by atoms with Crippen molar-refractivity contribution >= 4 is 17.9 Å². The van der Waals surface area contributed by atoms with Crippen LogP contribution in [-0.4, -0.2) is 37.2 Å². The quantitative estimate of drug-likeness (QED) is 0.0351. The lowest BCUT2D eigenvalue weighted by molar-refractivity contribution is -0.167. The van der Waals surface area contributed by atoms with Crippen LogP contribution in [0, 0.1) is 5.92 Å². The van der Waals surface area contributed by atoms with E-state index in [1.54, 1.807) is 0 Å². The normalized spacial score (nSPS) is 11.9. The summed E-state index contributed by atoms with van der Waals surface area (Å²) in [6.07, 6.45) is 41.0. The Morgan fingerprint density at radius 1 is 0.358 bits per heavy atom. The summed E-state index contributed by atoms with van der Waals surface area (Å²) in [5, 5.41) is 0. The van der Waals surface area contributed by atoms with Gasteiger partial charge in [0.1, 0.15) is 13.2 Å². The van der Waals surface area contributed by atoms with Gasteiger partial charge in [0.2, 0.25) is 0 Å². The Labute approximate surface area is 329 Å². The van der Waals surface area contributed by atoms with Crippen molar-refractivity contribution in [2.45, 2.75) is 265 Å². The Bertz CT molecular complexity index is 796. The van der Waals surface area contributed by atoms with Crippen molar-refractivity contribution in [1.29, 1.82) is 0 Å². The van der Waals surface area contributed by atoms with Gasteiger partial charge in [0.05, 0.1) is 0 Å². The number of hydrogen-bond acceptors (Lipinski definition) is 6. The van der Waals surface area contributed by atoms with Crippen molar-refractivity contribution in [3.05, 3.63) is 0 Å². The van der Waals surface area contributed by atoms with E-state index >= 15 is 0 Å². The molecule has 0 aromatic rings. The maximum atomic E-state index is 12.7. The maximum absolute atomic E-state index is 12.7. The number of hydrogen-bond donors (Lipinski definition) is 0. The van der Waals surface area contributed by atoms with Crippen molar-refractivity contribution in [2.24, 2.45) is 5.92 Å². The first-order valence-electron chi connectivity index (χ1n) is 23.4. The highest BCUT2D eigenvalue weighted by Gasteiger charge is 2.19. The minimum atomic E-state index is -0.759. The van der Waals surface area contributed by atoms with Crippen molar-refractivity contribution in [3.63, 3.8) is 0 Å². The Morgan fingerprint density at radius 3 is 0.925 bits per heavy atom. The molecule has 0 N–H and O–H groups in total. The maximum Gasteiger partial charge on any atom is 0.306 e. The zero-order chi connectivity index (χ0) is 38.9. The molecule has 0 aromatic carbocycles. The topological polar surface area (TPSA) is 78.9 Å². The highest BCUT2D eigenvalue weighted by atomic mass is 16.6. The molecule has 53 heavy (non-hydrogen) atoms. The molecule has 0 rings (SSSR count). The summed E-state index contributed by atoms with van der Waals surface area (Å²) in [4.78, 5) is 37.7. The average molecular weight is 751 g/mol. The van der Waals surface area contributed by atoms with E-state index in [1.807, 2.05) is 0 Å². The van der Waals surface area contributed by atoms with Crippen molar-refractivity contribution in [2.75, 3.05) is 13.2 Å². The van der Waals surface area contributed by atoms with Gasteiger partial charge < -0.3 is 14.2 Å². The van der Waals surface area contributed by atoms with Gasteiger partial charge in [-0.1, -0.05) is 220 Å². The van der Waals surface area contributed by atoms with E-state index < -0.39 is 6.10 Å². The molecule has 6 nitrogen and oxygen atoms in total. The molecule has 0 aliphatic carbocycles. The highest BCUT2D eigenvalue weighted by Crippen LogP contribution is 2.16. The van der Waals surface area contributed by atoms with Crippen molar-refractivity contribution in [1.82, 2.24) is 0 Å². The fourth-order valence-electron chi connectivity index (χ4n) is 6.98. The number of carbonyl (C=O) groups excluding carboxylic acids is 3. The molecule has 0 saturated carbocycles. The van der Waals surface area contributed by atoms with Gasteiger partial charge >= 0.3 is 17.9 Å². The molecule has 0 unspecified atom stereocenters. The van der Waals surface area contributed by atoms with Crippen LogP contribution in [0.15, 0.2) is 0 Å². The highest BCUT2D eigenvalue weighted by molar-refractivity contribution is 5.71. The van der Waals surface area contributed by atoms with Gasteiger partial charge in [0.15, 0.2) is 6.10 Å². The minimum Gasteiger partial charge on any atom is -0.462 e. The van der Waals surface area contributed by atoms with Crippen LogP contribution in [0.3, 0.4) is 0 Å². The summed E-state index contributed by atoms with van der Waals surface area (Å²) >= 11 is 0. The molecule has 0 aliphatic rings. The Kier molecular flexibility index (Phi) is 40.3. The van der Waals surface area contributed by atoms with Gasteiger partial charge in [-0.15, -0.1) is 0 Å². The summed E-state index contributed by atoms with van der Waals surface area (Å²) in [5.74, 6) is -0.0980. The zero-order valence-electron chi connectivity index (χ0n) is 36.0. The van der Waals surface area contributed by atoms with E-state index in [9.17, 15) is 14.4 Å². The molecular formula is C47H90O6. The zero-order valence-corrected chi connectivity index (χ0v) is 36.0. The lowest BCUT2D eigenvalue weighted by atomic mass is 10.0. The first-order chi connectivity index (χ1) is 25.9. The van der Waals surface area contributed by atoms with Gasteiger partial charge in [-0.2, -0.15) is 0 Å². The summed E-state index contributed by atoms with van der Waals surface area (Å²) in [6.45, 7) is 8.93. The van der Waals surface area contributed by atoms with Crippen LogP contribution in [0.1, 0.15) is 259 Å². The molecular weight excluding hydrogens is 661 g/mol. The third kappa shape index (κ3) is 41.4. The van der Waals surface area contributed by atoms with Crippen LogP contribution in [0.25, 0.3) is 0 Å². The monoisotopic (exact) mass is 751 g/mol. The molecule has 6 heteroatoms.